The summed E-state index contributed by atoms with van der Waals surface area (Å²) in [5.74, 6) is 1.29. The van der Waals surface area contributed by atoms with Gasteiger partial charge in [-0.15, -0.1) is 0 Å². The average Bonchev–Trinajstić information content (AvgIpc) is 2.67. The second-order valence-electron chi connectivity index (χ2n) is 5.89. The number of hydrogen-bond donors (Lipinski definition) is 2. The molecule has 130 valence electrons. The lowest BCUT2D eigenvalue weighted by Crippen LogP contribution is -1.85. The molecule has 3 nitrogen and oxygen atoms in total. The third kappa shape index (κ3) is 4.77. The Bertz CT molecular complexity index is 847. The summed E-state index contributed by atoms with van der Waals surface area (Å²) in [6.45, 7) is 0. The van der Waals surface area contributed by atoms with Crippen LogP contribution in [-0.4, -0.2) is 17.3 Å². The molecule has 0 amide bonds. The highest BCUT2D eigenvalue weighted by molar-refractivity contribution is 5.75. The van der Waals surface area contributed by atoms with Crippen LogP contribution >= 0.6 is 0 Å². The van der Waals surface area contributed by atoms with Crippen LogP contribution in [0.15, 0.2) is 66.7 Å². The van der Waals surface area contributed by atoms with Crippen molar-refractivity contribution in [2.24, 2.45) is 0 Å². The maximum Gasteiger partial charge on any atom is 0.120 e. The molecule has 0 saturated carbocycles. The van der Waals surface area contributed by atoms with E-state index in [9.17, 15) is 10.2 Å². The summed E-state index contributed by atoms with van der Waals surface area (Å²) in [7, 11) is 1.65. The number of ether oxygens (including phenoxy) is 1. The second-order valence-corrected chi connectivity index (χ2v) is 5.89. The van der Waals surface area contributed by atoms with Crippen molar-refractivity contribution in [3.8, 4) is 17.2 Å². The number of benzene rings is 3. The minimum Gasteiger partial charge on any atom is -0.508 e. The molecule has 3 aromatic carbocycles. The Morgan fingerprint density at radius 3 is 1.35 bits per heavy atom. The molecule has 0 spiro atoms. The first-order valence-electron chi connectivity index (χ1n) is 8.26. The molecule has 0 radical (unpaired) electrons. The lowest BCUT2D eigenvalue weighted by atomic mass is 10.1. The summed E-state index contributed by atoms with van der Waals surface area (Å²) < 4.78 is 5.40. The van der Waals surface area contributed by atoms with E-state index in [1.807, 2.05) is 60.7 Å². The summed E-state index contributed by atoms with van der Waals surface area (Å²) in [6.07, 6.45) is 7.99. The van der Waals surface area contributed by atoms with Gasteiger partial charge < -0.3 is 14.9 Å². The monoisotopic (exact) mass is 344 g/mol. The fourth-order valence-electron chi connectivity index (χ4n) is 2.51. The average molecular weight is 344 g/mol. The van der Waals surface area contributed by atoms with Crippen LogP contribution in [0.3, 0.4) is 0 Å². The number of hydrogen-bond acceptors (Lipinski definition) is 3. The van der Waals surface area contributed by atoms with E-state index in [1.165, 1.54) is 0 Å². The van der Waals surface area contributed by atoms with Gasteiger partial charge in [0.25, 0.3) is 0 Å². The second kappa shape index (κ2) is 8.08. The van der Waals surface area contributed by atoms with Gasteiger partial charge in [-0.2, -0.15) is 0 Å². The van der Waals surface area contributed by atoms with Crippen LogP contribution in [0.25, 0.3) is 24.3 Å². The Morgan fingerprint density at radius 2 is 0.962 bits per heavy atom. The van der Waals surface area contributed by atoms with E-state index < -0.39 is 0 Å². The van der Waals surface area contributed by atoms with Crippen molar-refractivity contribution in [3.63, 3.8) is 0 Å². The molecule has 0 aliphatic carbocycles. The molecule has 26 heavy (non-hydrogen) atoms. The van der Waals surface area contributed by atoms with Gasteiger partial charge in [0.15, 0.2) is 0 Å². The molecule has 0 aromatic heterocycles. The lowest BCUT2D eigenvalue weighted by Gasteiger charge is -2.04. The van der Waals surface area contributed by atoms with Gasteiger partial charge in [0.05, 0.1) is 7.11 Å². The summed E-state index contributed by atoms with van der Waals surface area (Å²) >= 11 is 0. The van der Waals surface area contributed by atoms with Crippen LogP contribution < -0.4 is 4.74 Å². The first-order chi connectivity index (χ1) is 12.6. The van der Waals surface area contributed by atoms with Crippen molar-refractivity contribution in [1.29, 1.82) is 0 Å². The van der Waals surface area contributed by atoms with Crippen molar-refractivity contribution in [2.75, 3.05) is 7.11 Å². The first-order valence-corrected chi connectivity index (χ1v) is 8.26. The minimum absolute atomic E-state index is 0.255. The van der Waals surface area contributed by atoms with Crippen LogP contribution in [0.1, 0.15) is 22.3 Å². The molecule has 0 bridgehead atoms. The smallest absolute Gasteiger partial charge is 0.120 e. The summed E-state index contributed by atoms with van der Waals surface area (Å²) in [5.41, 5.74) is 4.05. The van der Waals surface area contributed by atoms with E-state index >= 15 is 0 Å². The van der Waals surface area contributed by atoms with E-state index in [2.05, 4.69) is 6.07 Å². The lowest BCUT2D eigenvalue weighted by molar-refractivity contribution is 0.414. The predicted octanol–water partition coefficient (Wildman–Crippen LogP) is 5.45. The van der Waals surface area contributed by atoms with E-state index in [-0.39, 0.29) is 11.5 Å². The zero-order valence-corrected chi connectivity index (χ0v) is 14.5. The van der Waals surface area contributed by atoms with Crippen LogP contribution in [-0.2, 0) is 0 Å². The molecular weight excluding hydrogens is 324 g/mol. The van der Waals surface area contributed by atoms with Gasteiger partial charge in [0, 0.05) is 0 Å². The zero-order valence-electron chi connectivity index (χ0n) is 14.5. The molecule has 0 atom stereocenters. The van der Waals surface area contributed by atoms with Gasteiger partial charge in [-0.25, -0.2) is 0 Å². The van der Waals surface area contributed by atoms with Crippen LogP contribution in [0.5, 0.6) is 17.2 Å². The molecular formula is C23H20O3. The molecule has 0 unspecified atom stereocenters. The number of phenols is 2. The summed E-state index contributed by atoms with van der Waals surface area (Å²) in [5, 5.41) is 18.7. The molecule has 0 aliphatic rings. The topological polar surface area (TPSA) is 49.7 Å². The van der Waals surface area contributed by atoms with Gasteiger partial charge in [0.1, 0.15) is 17.2 Å². The van der Waals surface area contributed by atoms with Gasteiger partial charge >= 0.3 is 0 Å². The van der Waals surface area contributed by atoms with Crippen LogP contribution in [0.2, 0.25) is 0 Å². The van der Waals surface area contributed by atoms with Crippen molar-refractivity contribution in [3.05, 3.63) is 89.0 Å². The Labute approximate surface area is 153 Å². The summed E-state index contributed by atoms with van der Waals surface area (Å²) in [6, 6.07) is 20.1. The van der Waals surface area contributed by atoms with Crippen molar-refractivity contribution >= 4 is 24.3 Å². The Hall–Kier alpha value is -3.46. The third-order valence-electron chi connectivity index (χ3n) is 3.91. The molecule has 0 saturated heterocycles. The Kier molecular flexibility index (Phi) is 5.40. The largest absolute Gasteiger partial charge is 0.508 e. The number of methoxy groups -OCH3 is 1. The molecule has 2 N–H and O–H groups in total. The maximum atomic E-state index is 9.35. The predicted molar refractivity (Wildman–Crippen MR) is 107 cm³/mol. The molecule has 0 aliphatic heterocycles. The quantitative estimate of drug-likeness (QED) is 0.605. The number of rotatable bonds is 5. The highest BCUT2D eigenvalue weighted by atomic mass is 16.5. The molecule has 0 fully saturated rings. The Balaban J connectivity index is 1.83. The van der Waals surface area contributed by atoms with Crippen molar-refractivity contribution in [1.82, 2.24) is 0 Å². The van der Waals surface area contributed by atoms with Gasteiger partial charge in [0.2, 0.25) is 0 Å². The maximum absolute atomic E-state index is 9.35. The Morgan fingerprint density at radius 1 is 0.577 bits per heavy atom. The standard InChI is InChI=1S/C23H20O3/c1-26-23-15-19(4-2-17-6-10-21(24)11-7-17)14-20(16-23)5-3-18-8-12-22(25)13-9-18/h2-16,24-25H,1H3. The fourth-order valence-corrected chi connectivity index (χ4v) is 2.51. The van der Waals surface area contributed by atoms with E-state index in [1.54, 1.807) is 31.4 Å². The van der Waals surface area contributed by atoms with Crippen molar-refractivity contribution < 1.29 is 14.9 Å². The highest BCUT2D eigenvalue weighted by Gasteiger charge is 1.98. The molecule has 0 heterocycles. The number of phenolic OH excluding ortho intramolecular Hbond substituents is 2. The molecule has 3 heteroatoms. The number of aromatic hydroxyl groups is 2. The van der Waals surface area contributed by atoms with Gasteiger partial charge in [-0.05, 0) is 64.7 Å². The van der Waals surface area contributed by atoms with E-state index in [0.29, 0.717) is 0 Å². The SMILES string of the molecule is COc1cc(C=Cc2ccc(O)cc2)cc(C=Cc2ccc(O)cc2)c1. The molecule has 3 rings (SSSR count). The van der Waals surface area contributed by atoms with E-state index in [0.717, 1.165) is 28.0 Å². The third-order valence-corrected chi connectivity index (χ3v) is 3.91. The normalized spacial score (nSPS) is 11.3. The van der Waals surface area contributed by atoms with E-state index in [4.69, 9.17) is 4.74 Å². The summed E-state index contributed by atoms with van der Waals surface area (Å²) in [4.78, 5) is 0. The first kappa shape index (κ1) is 17.4. The zero-order chi connectivity index (χ0) is 18.4. The van der Waals surface area contributed by atoms with Crippen LogP contribution in [0, 0.1) is 0 Å². The minimum atomic E-state index is 0.255. The molecule has 3 aromatic rings. The van der Waals surface area contributed by atoms with Gasteiger partial charge in [-0.1, -0.05) is 48.6 Å². The van der Waals surface area contributed by atoms with Gasteiger partial charge in [-0.3, -0.25) is 0 Å². The fraction of sp³-hybridized carbons (Fsp3) is 0.0435. The van der Waals surface area contributed by atoms with Crippen LogP contribution in [0.4, 0.5) is 0 Å². The highest BCUT2D eigenvalue weighted by Crippen LogP contribution is 2.22. The van der Waals surface area contributed by atoms with Crippen molar-refractivity contribution in [2.45, 2.75) is 0 Å².